The largest absolute Gasteiger partial charge is 0.508 e. The molecular weight excluding hydrogens is 252 g/mol. The third-order valence-corrected chi connectivity index (χ3v) is 3.00. The van der Waals surface area contributed by atoms with Crippen LogP contribution in [0, 0.1) is 0 Å². The molecule has 20 heavy (non-hydrogen) atoms. The van der Waals surface area contributed by atoms with Crippen molar-refractivity contribution in [2.24, 2.45) is 10.2 Å². The van der Waals surface area contributed by atoms with E-state index >= 15 is 0 Å². The van der Waals surface area contributed by atoms with E-state index in [0.717, 1.165) is 10.8 Å². The van der Waals surface area contributed by atoms with Crippen LogP contribution in [0.3, 0.4) is 0 Å². The van der Waals surface area contributed by atoms with Gasteiger partial charge < -0.3 is 10.2 Å². The summed E-state index contributed by atoms with van der Waals surface area (Å²) >= 11 is 0. The fraction of sp³-hybridized carbons (Fsp3) is 0. The molecule has 0 aromatic heterocycles. The molecule has 2 N–H and O–H groups in total. The Morgan fingerprint density at radius 2 is 1.35 bits per heavy atom. The number of hydrogen-bond donors (Lipinski definition) is 2. The van der Waals surface area contributed by atoms with Crippen LogP contribution in [0.1, 0.15) is 0 Å². The molecule has 4 nitrogen and oxygen atoms in total. The van der Waals surface area contributed by atoms with Crippen LogP contribution in [0.5, 0.6) is 11.5 Å². The molecule has 0 fully saturated rings. The first-order chi connectivity index (χ1) is 9.74. The quantitative estimate of drug-likeness (QED) is 0.661. The second-order valence-corrected chi connectivity index (χ2v) is 4.37. The van der Waals surface area contributed by atoms with Gasteiger partial charge in [-0.1, -0.05) is 24.3 Å². The zero-order chi connectivity index (χ0) is 13.9. The van der Waals surface area contributed by atoms with E-state index in [2.05, 4.69) is 10.2 Å². The molecule has 0 saturated heterocycles. The van der Waals surface area contributed by atoms with Crippen LogP contribution >= 0.6 is 0 Å². The molecule has 0 amide bonds. The number of rotatable bonds is 2. The van der Waals surface area contributed by atoms with E-state index in [9.17, 15) is 10.2 Å². The summed E-state index contributed by atoms with van der Waals surface area (Å²) in [6.07, 6.45) is 0. The number of nitrogens with zero attached hydrogens (tertiary/aromatic N) is 2. The van der Waals surface area contributed by atoms with Gasteiger partial charge in [0.15, 0.2) is 0 Å². The van der Waals surface area contributed by atoms with E-state index in [4.69, 9.17) is 0 Å². The van der Waals surface area contributed by atoms with E-state index in [-0.39, 0.29) is 11.5 Å². The van der Waals surface area contributed by atoms with E-state index in [1.165, 1.54) is 0 Å². The first kappa shape index (κ1) is 12.2. The van der Waals surface area contributed by atoms with Gasteiger partial charge in [-0.25, -0.2) is 0 Å². The van der Waals surface area contributed by atoms with Gasteiger partial charge in [0.25, 0.3) is 0 Å². The van der Waals surface area contributed by atoms with Crippen LogP contribution < -0.4 is 0 Å². The van der Waals surface area contributed by atoms with Gasteiger partial charge in [-0.2, -0.15) is 5.11 Å². The summed E-state index contributed by atoms with van der Waals surface area (Å²) in [4.78, 5) is 0. The highest BCUT2D eigenvalue weighted by Crippen LogP contribution is 2.33. The molecule has 0 radical (unpaired) electrons. The second-order valence-electron chi connectivity index (χ2n) is 4.37. The van der Waals surface area contributed by atoms with Crippen molar-refractivity contribution in [3.05, 3.63) is 60.7 Å². The molecule has 0 atom stereocenters. The summed E-state index contributed by atoms with van der Waals surface area (Å²) in [6, 6.07) is 17.3. The highest BCUT2D eigenvalue weighted by Gasteiger charge is 2.03. The first-order valence-electron chi connectivity index (χ1n) is 6.15. The van der Waals surface area contributed by atoms with Crippen LogP contribution in [-0.2, 0) is 0 Å². The van der Waals surface area contributed by atoms with Crippen molar-refractivity contribution in [1.29, 1.82) is 0 Å². The predicted octanol–water partition coefficient (Wildman–Crippen LogP) is 4.67. The van der Waals surface area contributed by atoms with Crippen molar-refractivity contribution in [1.82, 2.24) is 0 Å². The Hall–Kier alpha value is -2.88. The minimum absolute atomic E-state index is 0.194. The lowest BCUT2D eigenvalue weighted by Crippen LogP contribution is -1.74. The molecule has 3 aromatic rings. The van der Waals surface area contributed by atoms with E-state index < -0.39 is 0 Å². The zero-order valence-corrected chi connectivity index (χ0v) is 10.6. The van der Waals surface area contributed by atoms with Gasteiger partial charge in [0.2, 0.25) is 0 Å². The highest BCUT2D eigenvalue weighted by atomic mass is 16.3. The Morgan fingerprint density at radius 1 is 0.650 bits per heavy atom. The Kier molecular flexibility index (Phi) is 3.05. The molecule has 98 valence electrons. The Balaban J connectivity index is 2.03. The smallest absolute Gasteiger partial charge is 0.123 e. The van der Waals surface area contributed by atoms with Gasteiger partial charge in [-0.3, -0.25) is 0 Å². The van der Waals surface area contributed by atoms with Gasteiger partial charge >= 0.3 is 0 Å². The van der Waals surface area contributed by atoms with Gasteiger partial charge in [0, 0.05) is 10.8 Å². The molecule has 0 spiro atoms. The van der Waals surface area contributed by atoms with Crippen molar-refractivity contribution in [3.8, 4) is 11.5 Å². The van der Waals surface area contributed by atoms with Crippen LogP contribution in [0.2, 0.25) is 0 Å². The molecule has 0 unspecified atom stereocenters. The SMILES string of the molecule is Oc1ccc(N=Nc2ccc(O)c3ccccc23)cc1. The molecule has 0 heterocycles. The minimum atomic E-state index is 0.194. The number of azo groups is 1. The van der Waals surface area contributed by atoms with Crippen LogP contribution in [0.15, 0.2) is 70.9 Å². The summed E-state index contributed by atoms with van der Waals surface area (Å²) in [6.45, 7) is 0. The lowest BCUT2D eigenvalue weighted by atomic mass is 10.1. The fourth-order valence-electron chi connectivity index (χ4n) is 1.99. The topological polar surface area (TPSA) is 65.2 Å². The maximum atomic E-state index is 9.81. The zero-order valence-electron chi connectivity index (χ0n) is 10.6. The van der Waals surface area contributed by atoms with Crippen molar-refractivity contribution < 1.29 is 10.2 Å². The predicted molar refractivity (Wildman–Crippen MR) is 77.9 cm³/mol. The Bertz CT molecular complexity index is 780. The summed E-state index contributed by atoms with van der Waals surface area (Å²) in [5, 5.41) is 29.0. The number of phenols is 2. The molecule has 3 rings (SSSR count). The summed E-state index contributed by atoms with van der Waals surface area (Å²) in [5.74, 6) is 0.420. The van der Waals surface area contributed by atoms with Gasteiger partial charge in [0.05, 0.1) is 11.4 Å². The van der Waals surface area contributed by atoms with Crippen molar-refractivity contribution in [2.75, 3.05) is 0 Å². The number of phenolic OH excluding ortho intramolecular Hbond substituents is 2. The standard InChI is InChI=1S/C16H12N2O2/c19-12-7-5-11(6-8-12)17-18-15-9-10-16(20)14-4-2-1-3-13(14)15/h1-10,19-20H. The van der Waals surface area contributed by atoms with Gasteiger partial charge in [0.1, 0.15) is 11.5 Å². The maximum absolute atomic E-state index is 9.81. The molecule has 0 aliphatic heterocycles. The second kappa shape index (κ2) is 5.01. The molecule has 0 bridgehead atoms. The molecule has 0 saturated carbocycles. The van der Waals surface area contributed by atoms with E-state index in [0.29, 0.717) is 11.4 Å². The normalized spacial score (nSPS) is 11.2. The van der Waals surface area contributed by atoms with E-state index in [1.807, 2.05) is 24.3 Å². The first-order valence-corrected chi connectivity index (χ1v) is 6.15. The van der Waals surface area contributed by atoms with Crippen LogP contribution in [-0.4, -0.2) is 10.2 Å². The molecule has 3 aromatic carbocycles. The van der Waals surface area contributed by atoms with Gasteiger partial charge in [-0.05, 0) is 36.4 Å². The third-order valence-electron chi connectivity index (χ3n) is 3.00. The molecule has 4 heteroatoms. The lowest BCUT2D eigenvalue weighted by molar-refractivity contribution is 0.475. The fourth-order valence-corrected chi connectivity index (χ4v) is 1.99. The molecular formula is C16H12N2O2. The van der Waals surface area contributed by atoms with E-state index in [1.54, 1.807) is 36.4 Å². The minimum Gasteiger partial charge on any atom is -0.508 e. The number of fused-ring (bicyclic) bond motifs is 1. The monoisotopic (exact) mass is 264 g/mol. The lowest BCUT2D eigenvalue weighted by Gasteiger charge is -2.03. The average Bonchev–Trinajstić information content (AvgIpc) is 2.49. The summed E-state index contributed by atoms with van der Waals surface area (Å²) < 4.78 is 0. The Morgan fingerprint density at radius 3 is 2.10 bits per heavy atom. The third kappa shape index (κ3) is 2.31. The van der Waals surface area contributed by atoms with Crippen molar-refractivity contribution in [2.45, 2.75) is 0 Å². The summed E-state index contributed by atoms with van der Waals surface area (Å²) in [7, 11) is 0. The number of benzene rings is 3. The summed E-state index contributed by atoms with van der Waals surface area (Å²) in [5.41, 5.74) is 1.34. The van der Waals surface area contributed by atoms with Crippen molar-refractivity contribution in [3.63, 3.8) is 0 Å². The highest BCUT2D eigenvalue weighted by molar-refractivity contribution is 5.96. The average molecular weight is 264 g/mol. The number of aromatic hydroxyl groups is 2. The maximum Gasteiger partial charge on any atom is 0.123 e. The van der Waals surface area contributed by atoms with Crippen molar-refractivity contribution >= 4 is 22.1 Å². The molecule has 0 aliphatic rings. The molecule has 0 aliphatic carbocycles. The Labute approximate surface area is 115 Å². The van der Waals surface area contributed by atoms with Gasteiger partial charge in [-0.15, -0.1) is 5.11 Å². The van der Waals surface area contributed by atoms with Crippen LogP contribution in [0.25, 0.3) is 10.8 Å². The number of hydrogen-bond acceptors (Lipinski definition) is 4. The van der Waals surface area contributed by atoms with Crippen LogP contribution in [0.4, 0.5) is 11.4 Å².